The van der Waals surface area contributed by atoms with E-state index in [4.69, 9.17) is 16.9 Å². The van der Waals surface area contributed by atoms with Gasteiger partial charge in [0.1, 0.15) is 36.3 Å². The van der Waals surface area contributed by atoms with Crippen LogP contribution >= 0.6 is 22.9 Å². The Morgan fingerprint density at radius 1 is 0.514 bits per heavy atom. The second kappa shape index (κ2) is 36.0. The van der Waals surface area contributed by atoms with Gasteiger partial charge in [-0.05, 0) is 107 Å². The van der Waals surface area contributed by atoms with Crippen molar-refractivity contribution >= 4 is 81.9 Å². The van der Waals surface area contributed by atoms with Gasteiger partial charge in [-0.15, -0.1) is 11.3 Å². The Bertz CT molecular complexity index is 3760. The number of Topliss-reactive ketones (excluding diaryl/α,β-unsaturated/α-hetero) is 1. The van der Waals surface area contributed by atoms with Gasteiger partial charge in [0.2, 0.25) is 53.2 Å². The third-order valence-corrected chi connectivity index (χ3v) is 19.4. The summed E-state index contributed by atoms with van der Waals surface area (Å²) >= 11 is 7.53. The molecule has 7 rings (SSSR count). The zero-order valence-corrected chi connectivity index (χ0v) is 67.3. The number of aliphatic hydroxyl groups is 2. The molecule has 0 saturated carbocycles. The van der Waals surface area contributed by atoms with Crippen LogP contribution in [0.2, 0.25) is 5.02 Å². The molecule has 0 radical (unpaired) electrons. The molecule has 3 aliphatic rings. The van der Waals surface area contributed by atoms with Gasteiger partial charge in [0.05, 0.1) is 64.6 Å². The minimum Gasteiger partial charge on any atom is -0.391 e. The number of hydrogen-bond acceptors (Lipinski definition) is 15. The van der Waals surface area contributed by atoms with Crippen molar-refractivity contribution in [3.63, 3.8) is 0 Å². The summed E-state index contributed by atoms with van der Waals surface area (Å²) < 4.78 is 0. The van der Waals surface area contributed by atoms with Crippen LogP contribution in [0.25, 0.3) is 10.4 Å². The van der Waals surface area contributed by atoms with Crippen molar-refractivity contribution in [2.75, 3.05) is 19.6 Å². The highest BCUT2D eigenvalue weighted by Crippen LogP contribution is 2.34. The van der Waals surface area contributed by atoms with Gasteiger partial charge in [0.25, 0.3) is 0 Å². The Morgan fingerprint density at radius 2 is 0.838 bits per heavy atom. The first-order valence-electron chi connectivity index (χ1n) is 36.1. The maximum atomic E-state index is 13.7. The zero-order valence-electron chi connectivity index (χ0n) is 65.7. The van der Waals surface area contributed by atoms with Crippen molar-refractivity contribution in [1.29, 1.82) is 5.26 Å². The quantitative estimate of drug-likeness (QED) is 0.0433. The summed E-state index contributed by atoms with van der Waals surface area (Å²) in [4.78, 5) is 140. The van der Waals surface area contributed by atoms with Gasteiger partial charge in [0, 0.05) is 56.6 Å². The fourth-order valence-electron chi connectivity index (χ4n) is 12.6. The topological polar surface area (TPSA) is 330 Å². The van der Waals surface area contributed by atoms with Crippen molar-refractivity contribution in [3.05, 3.63) is 111 Å². The van der Waals surface area contributed by atoms with E-state index >= 15 is 0 Å². The summed E-state index contributed by atoms with van der Waals surface area (Å²) in [5, 5.41) is 47.6. The Morgan fingerprint density at radius 3 is 1.15 bits per heavy atom. The van der Waals surface area contributed by atoms with Crippen molar-refractivity contribution in [3.8, 4) is 16.5 Å². The van der Waals surface area contributed by atoms with Crippen molar-refractivity contribution in [1.82, 2.24) is 51.6 Å². The van der Waals surface area contributed by atoms with Gasteiger partial charge in [-0.25, -0.2) is 4.98 Å². The molecule has 0 aliphatic carbocycles. The largest absolute Gasteiger partial charge is 0.391 e. The van der Waals surface area contributed by atoms with Crippen LogP contribution in [0.4, 0.5) is 0 Å². The van der Waals surface area contributed by atoms with E-state index in [1.807, 2.05) is 194 Å². The molecule has 4 aromatic rings. The Labute approximate surface area is 630 Å². The van der Waals surface area contributed by atoms with Crippen LogP contribution in [0.3, 0.4) is 0 Å². The Kier molecular flexibility index (Phi) is 30.0. The molecule has 8 N–H and O–H groups in total. The van der Waals surface area contributed by atoms with Crippen molar-refractivity contribution < 1.29 is 58.2 Å². The lowest BCUT2D eigenvalue weighted by atomic mass is 9.84. The van der Waals surface area contributed by atoms with E-state index < -0.39 is 70.6 Å². The molecule has 25 heteroatoms. The Hall–Kier alpha value is -8.11. The van der Waals surface area contributed by atoms with E-state index in [-0.39, 0.29) is 146 Å². The summed E-state index contributed by atoms with van der Waals surface area (Å²) in [6.45, 7) is 41.8. The molecule has 0 spiro atoms. The minimum atomic E-state index is -0.916. The fourth-order valence-corrected chi connectivity index (χ4v) is 13.5. The number of aromatic nitrogens is 1. The third kappa shape index (κ3) is 26.4. The molecule has 11 unspecified atom stereocenters. The molecule has 105 heavy (non-hydrogen) atoms. The molecule has 576 valence electrons. The number of nitrogens with one attached hydrogen (secondary N) is 6. The summed E-state index contributed by atoms with van der Waals surface area (Å²) in [6.07, 6.45) is -0.589. The first-order valence-corrected chi connectivity index (χ1v) is 37.4. The molecular weight excluding hydrogens is 1370 g/mol. The SMILES string of the molecule is CC(NC(=O)C1CC(O)CN1C(=O)C(NC(=O)CC(C)(C)C)C(C)(C)C)c1ccc(C#N)cc1.CC(NC(=O)C1CC(O)CN1C(=O)C(NC(=O)CC(C)(C)C)C(C)(C)C)c1ccc(Cl)cc1.Cc1ncsc1-c1ccc(C(C)NC(=O)C2CC(=O)CN2C(=O)C(NC(=O)CC(C)(C)C)C(C)(C)C)cc1. The van der Waals surface area contributed by atoms with Crippen LogP contribution in [0.1, 0.15) is 230 Å². The number of β-amino-alcohol motifs (C(OH)–C–C–N with tert-alkyl or cyclic N) is 2. The Balaban J connectivity index is 0.000000284. The lowest BCUT2D eigenvalue weighted by Gasteiger charge is -2.36. The van der Waals surface area contributed by atoms with Gasteiger partial charge < -0.3 is 56.8 Å². The van der Waals surface area contributed by atoms with Gasteiger partial charge >= 0.3 is 0 Å². The molecule has 4 heterocycles. The number of carbonyl (C=O) groups is 10. The molecule has 3 saturated heterocycles. The molecule has 3 fully saturated rings. The van der Waals surface area contributed by atoms with Crippen LogP contribution in [0, 0.1) is 50.7 Å². The number of nitriles is 1. The monoisotopic (exact) mass is 1490 g/mol. The molecule has 23 nitrogen and oxygen atoms in total. The summed E-state index contributed by atoms with van der Waals surface area (Å²) in [7, 11) is 0. The molecule has 1 aromatic heterocycles. The number of benzene rings is 3. The summed E-state index contributed by atoms with van der Waals surface area (Å²) in [6, 6.07) is 18.0. The number of carbonyl (C=O) groups excluding carboxylic acids is 10. The maximum absolute atomic E-state index is 13.7. The van der Waals surface area contributed by atoms with E-state index in [0.29, 0.717) is 10.6 Å². The molecular formula is C80H116ClN11O12S. The molecule has 11 atom stereocenters. The highest BCUT2D eigenvalue weighted by atomic mass is 35.5. The highest BCUT2D eigenvalue weighted by molar-refractivity contribution is 7.13. The number of thiazole rings is 1. The van der Waals surface area contributed by atoms with E-state index in [2.05, 4.69) is 43.0 Å². The first-order chi connectivity index (χ1) is 48.3. The van der Waals surface area contributed by atoms with Crippen LogP contribution in [-0.2, 0) is 47.9 Å². The van der Waals surface area contributed by atoms with Crippen LogP contribution in [0.15, 0.2) is 78.3 Å². The third-order valence-electron chi connectivity index (χ3n) is 18.2. The number of rotatable bonds is 19. The van der Waals surface area contributed by atoms with Gasteiger partial charge in [-0.1, -0.05) is 185 Å². The minimum absolute atomic E-state index is 0.0316. The molecule has 9 amide bonds. The van der Waals surface area contributed by atoms with Crippen molar-refractivity contribution in [2.45, 2.75) is 257 Å². The van der Waals surface area contributed by atoms with Gasteiger partial charge in [0.15, 0.2) is 5.78 Å². The fraction of sp³-hybridized carbons (Fsp3) is 0.600. The molecule has 0 bridgehead atoms. The van der Waals surface area contributed by atoms with Crippen LogP contribution < -0.4 is 31.9 Å². The predicted octanol–water partition coefficient (Wildman–Crippen LogP) is 10.5. The predicted molar refractivity (Wildman–Crippen MR) is 408 cm³/mol. The number of likely N-dealkylation sites (tertiary alicyclic amines) is 3. The maximum Gasteiger partial charge on any atom is 0.246 e. The zero-order chi connectivity index (χ0) is 79.4. The van der Waals surface area contributed by atoms with E-state index in [1.54, 1.807) is 47.7 Å². The summed E-state index contributed by atoms with van der Waals surface area (Å²) in [5.41, 5.74) is 4.53. The first kappa shape index (κ1) is 87.5. The van der Waals surface area contributed by atoms with Gasteiger partial charge in [-0.3, -0.25) is 47.9 Å². The standard InChI is InChI=1S/C29H40N4O4S.C26H38N4O4.C25H38ClN3O4/c1-17(19-9-11-20(12-10-19)24-18(2)30-16-38-24)31-26(36)22-13-21(34)15-33(22)27(37)25(29(6,7)8)32-23(35)14-28(3,4)5;1-16(18-10-8-17(14-27)9-11-18)28-23(33)20-12-19(31)15-30(20)24(34)22(26(5,6)7)29-21(32)13-25(2,3)4;1-15(16-8-10-17(26)11-9-16)27-22(32)19-12-18(30)14-29(19)23(33)21(25(5,6)7)28-20(31)13-24(2,3)4/h9-12,16-17,22,25H,13-15H2,1-8H3,(H,31,36)(H,32,35);8-11,16,19-20,22,31H,12-13,15H2,1-7H3,(H,28,33)(H,29,32);8-11,15,18-19,21,30H,12-14H2,1-7H3,(H,27,32)(H,28,31). The molecule has 3 aliphatic heterocycles. The van der Waals surface area contributed by atoms with Gasteiger partial charge in [-0.2, -0.15) is 5.26 Å². The van der Waals surface area contributed by atoms with E-state index in [1.165, 1.54) is 14.7 Å². The number of hydrogen-bond donors (Lipinski definition) is 8. The number of ketones is 1. The smallest absolute Gasteiger partial charge is 0.246 e. The van der Waals surface area contributed by atoms with Crippen molar-refractivity contribution in [2.24, 2.45) is 32.5 Å². The summed E-state index contributed by atoms with van der Waals surface area (Å²) in [5.74, 6) is -3.09. The number of halogens is 1. The number of amides is 9. The van der Waals surface area contributed by atoms with E-state index in [0.717, 1.165) is 32.8 Å². The highest BCUT2D eigenvalue weighted by Gasteiger charge is 2.48. The number of aliphatic hydroxyl groups excluding tert-OH is 2. The lowest BCUT2D eigenvalue weighted by molar-refractivity contribution is -0.144. The second-order valence-corrected chi connectivity index (χ2v) is 36.5. The number of aryl methyl sites for hydroxylation is 1. The lowest BCUT2D eigenvalue weighted by Crippen LogP contribution is -2.58. The average Bonchev–Trinajstić information content (AvgIpc) is 1.68. The van der Waals surface area contributed by atoms with Crippen LogP contribution in [-0.4, -0.2) is 157 Å². The average molecular weight is 1490 g/mol. The van der Waals surface area contributed by atoms with E-state index in [9.17, 15) is 58.2 Å². The number of nitrogens with zero attached hydrogens (tertiary/aromatic N) is 5. The van der Waals surface area contributed by atoms with Crippen LogP contribution in [0.5, 0.6) is 0 Å². The molecule has 3 aromatic carbocycles. The second-order valence-electron chi connectivity index (χ2n) is 35.2. The normalized spacial score (nSPS) is 19.5.